The van der Waals surface area contributed by atoms with Crippen LogP contribution in [0.1, 0.15) is 20.3 Å². The van der Waals surface area contributed by atoms with Crippen LogP contribution in [0.15, 0.2) is 35.2 Å². The van der Waals surface area contributed by atoms with Gasteiger partial charge in [0.05, 0.1) is 16.2 Å². The molecule has 2 aliphatic heterocycles. The van der Waals surface area contributed by atoms with Crippen molar-refractivity contribution in [2.45, 2.75) is 48.7 Å². The van der Waals surface area contributed by atoms with E-state index in [1.807, 2.05) is 13.8 Å². The van der Waals surface area contributed by atoms with Crippen LogP contribution in [0, 0.1) is 0 Å². The number of sulfone groups is 1. The molecule has 2 saturated heterocycles. The summed E-state index contributed by atoms with van der Waals surface area (Å²) in [6, 6.07) is 8.36. The fourth-order valence-corrected chi connectivity index (χ4v) is 5.37. The molecule has 128 valence electrons. The number of aliphatic hydroxyl groups is 1. The number of benzene rings is 1. The summed E-state index contributed by atoms with van der Waals surface area (Å²) in [5.41, 5.74) is -0.845. The van der Waals surface area contributed by atoms with Gasteiger partial charge in [-0.3, -0.25) is 0 Å². The van der Waals surface area contributed by atoms with Crippen molar-refractivity contribution in [1.82, 2.24) is 5.32 Å². The fourth-order valence-electron chi connectivity index (χ4n) is 3.54. The van der Waals surface area contributed by atoms with Crippen LogP contribution in [-0.4, -0.2) is 56.0 Å². The van der Waals surface area contributed by atoms with Crippen LogP contribution in [0.2, 0.25) is 0 Å². The van der Waals surface area contributed by atoms with Crippen LogP contribution in [0.5, 0.6) is 0 Å². The van der Waals surface area contributed by atoms with Crippen LogP contribution in [0.4, 0.5) is 0 Å². The van der Waals surface area contributed by atoms with Crippen molar-refractivity contribution >= 4 is 9.84 Å². The molecule has 1 aromatic rings. The first kappa shape index (κ1) is 16.9. The lowest BCUT2D eigenvalue weighted by atomic mass is 9.92. The lowest BCUT2D eigenvalue weighted by Crippen LogP contribution is -2.55. The SMILES string of the molecule is CC1(C)O[C@@H]2[C@@H](CN[C@]2(CCO)CS(=O)(=O)c2ccccc2)O1. The van der Waals surface area contributed by atoms with Gasteiger partial charge in [-0.05, 0) is 32.4 Å². The minimum absolute atomic E-state index is 0.121. The van der Waals surface area contributed by atoms with Gasteiger partial charge in [0.1, 0.15) is 12.2 Å². The number of nitrogens with one attached hydrogen (secondary N) is 1. The van der Waals surface area contributed by atoms with E-state index in [1.165, 1.54) is 0 Å². The average molecular weight is 341 g/mol. The second-order valence-electron chi connectivity index (χ2n) is 6.68. The van der Waals surface area contributed by atoms with E-state index in [0.717, 1.165) is 0 Å². The molecule has 2 N–H and O–H groups in total. The molecule has 0 aromatic heterocycles. The summed E-state index contributed by atoms with van der Waals surface area (Å²) in [4.78, 5) is 0.278. The molecule has 0 bridgehead atoms. The van der Waals surface area contributed by atoms with Gasteiger partial charge in [0, 0.05) is 13.2 Å². The third-order valence-corrected chi connectivity index (χ3v) is 6.38. The number of rotatable bonds is 5. The van der Waals surface area contributed by atoms with Gasteiger partial charge in [-0.2, -0.15) is 0 Å². The molecule has 7 heteroatoms. The number of aliphatic hydroxyl groups excluding tert-OH is 1. The van der Waals surface area contributed by atoms with Crippen molar-refractivity contribution in [1.29, 1.82) is 0 Å². The monoisotopic (exact) mass is 341 g/mol. The summed E-state index contributed by atoms with van der Waals surface area (Å²) in [6.07, 6.45) is -0.315. The van der Waals surface area contributed by atoms with Crippen LogP contribution < -0.4 is 5.32 Å². The van der Waals surface area contributed by atoms with E-state index in [4.69, 9.17) is 9.47 Å². The van der Waals surface area contributed by atoms with E-state index in [1.54, 1.807) is 30.3 Å². The van der Waals surface area contributed by atoms with E-state index in [2.05, 4.69) is 5.32 Å². The lowest BCUT2D eigenvalue weighted by molar-refractivity contribution is -0.158. The van der Waals surface area contributed by atoms with Crippen molar-refractivity contribution in [3.05, 3.63) is 30.3 Å². The van der Waals surface area contributed by atoms with Gasteiger partial charge in [0.2, 0.25) is 0 Å². The molecule has 0 spiro atoms. The summed E-state index contributed by atoms with van der Waals surface area (Å²) in [5, 5.41) is 12.7. The van der Waals surface area contributed by atoms with E-state index in [0.29, 0.717) is 13.0 Å². The van der Waals surface area contributed by atoms with Gasteiger partial charge in [-0.1, -0.05) is 18.2 Å². The van der Waals surface area contributed by atoms with Gasteiger partial charge in [0.25, 0.3) is 0 Å². The molecule has 23 heavy (non-hydrogen) atoms. The summed E-state index contributed by atoms with van der Waals surface area (Å²) in [7, 11) is -3.51. The Balaban J connectivity index is 1.91. The highest BCUT2D eigenvalue weighted by Gasteiger charge is 2.58. The largest absolute Gasteiger partial charge is 0.396 e. The molecular weight excluding hydrogens is 318 g/mol. The molecule has 0 amide bonds. The molecule has 2 heterocycles. The van der Waals surface area contributed by atoms with E-state index in [9.17, 15) is 13.5 Å². The highest BCUT2D eigenvalue weighted by atomic mass is 32.2. The third-order valence-electron chi connectivity index (χ3n) is 4.49. The lowest BCUT2D eigenvalue weighted by Gasteiger charge is -2.34. The quantitative estimate of drug-likeness (QED) is 0.820. The Morgan fingerprint density at radius 3 is 2.61 bits per heavy atom. The molecule has 0 unspecified atom stereocenters. The standard InChI is InChI=1S/C16H23NO5S/c1-15(2)21-13-10-17-16(8-9-18,14(13)22-15)11-23(19,20)12-6-4-3-5-7-12/h3-7,13-14,17-18H,8-11H2,1-2H3/t13-,14-,16-/m1/s1. The van der Waals surface area contributed by atoms with Crippen molar-refractivity contribution < 1.29 is 23.0 Å². The number of fused-ring (bicyclic) bond motifs is 1. The Bertz CT molecular complexity index is 656. The Hall–Kier alpha value is -0.990. The smallest absolute Gasteiger partial charge is 0.180 e. The predicted molar refractivity (Wildman–Crippen MR) is 84.8 cm³/mol. The summed E-state index contributed by atoms with van der Waals surface area (Å²) in [5.74, 6) is -0.875. The normalized spacial score (nSPS) is 32.8. The maximum atomic E-state index is 12.8. The highest BCUT2D eigenvalue weighted by molar-refractivity contribution is 7.91. The minimum Gasteiger partial charge on any atom is -0.396 e. The van der Waals surface area contributed by atoms with Crippen LogP contribution in [0.25, 0.3) is 0 Å². The van der Waals surface area contributed by atoms with Crippen molar-refractivity contribution in [3.63, 3.8) is 0 Å². The zero-order chi connectivity index (χ0) is 16.7. The van der Waals surface area contributed by atoms with Crippen LogP contribution in [-0.2, 0) is 19.3 Å². The zero-order valence-electron chi connectivity index (χ0n) is 13.4. The van der Waals surface area contributed by atoms with Gasteiger partial charge in [0.15, 0.2) is 15.6 Å². The molecule has 0 radical (unpaired) electrons. The van der Waals surface area contributed by atoms with Crippen molar-refractivity contribution in [2.75, 3.05) is 18.9 Å². The molecule has 3 atom stereocenters. The first-order chi connectivity index (χ1) is 10.8. The van der Waals surface area contributed by atoms with E-state index < -0.39 is 27.3 Å². The molecule has 0 saturated carbocycles. The Labute approximate surface area is 136 Å². The molecule has 0 aliphatic carbocycles. The average Bonchev–Trinajstić information content (AvgIpc) is 2.95. The van der Waals surface area contributed by atoms with Crippen LogP contribution >= 0.6 is 0 Å². The fraction of sp³-hybridized carbons (Fsp3) is 0.625. The third kappa shape index (κ3) is 3.16. The van der Waals surface area contributed by atoms with Crippen molar-refractivity contribution in [3.8, 4) is 0 Å². The highest BCUT2D eigenvalue weighted by Crippen LogP contribution is 2.40. The molecule has 6 nitrogen and oxygen atoms in total. The minimum atomic E-state index is -3.51. The van der Waals surface area contributed by atoms with Crippen molar-refractivity contribution in [2.24, 2.45) is 0 Å². The van der Waals surface area contributed by atoms with Crippen LogP contribution in [0.3, 0.4) is 0 Å². The summed E-state index contributed by atoms with van der Waals surface area (Å²) < 4.78 is 37.4. The predicted octanol–water partition coefficient (Wildman–Crippen LogP) is 0.705. The second kappa shape index (κ2) is 5.82. The summed E-state index contributed by atoms with van der Waals surface area (Å²) >= 11 is 0. The topological polar surface area (TPSA) is 84.9 Å². The van der Waals surface area contributed by atoms with E-state index in [-0.39, 0.29) is 23.4 Å². The number of hydrogen-bond acceptors (Lipinski definition) is 6. The van der Waals surface area contributed by atoms with Gasteiger partial charge in [-0.15, -0.1) is 0 Å². The van der Waals surface area contributed by atoms with Gasteiger partial charge in [-0.25, -0.2) is 8.42 Å². The summed E-state index contributed by atoms with van der Waals surface area (Å²) in [6.45, 7) is 4.03. The molecule has 2 fully saturated rings. The Morgan fingerprint density at radius 1 is 1.26 bits per heavy atom. The molecule has 1 aromatic carbocycles. The maximum Gasteiger partial charge on any atom is 0.180 e. The Kier molecular flexibility index (Phi) is 4.27. The van der Waals surface area contributed by atoms with E-state index >= 15 is 0 Å². The maximum absolute atomic E-state index is 12.8. The number of hydrogen-bond donors (Lipinski definition) is 2. The first-order valence-corrected chi connectivity index (χ1v) is 9.43. The first-order valence-electron chi connectivity index (χ1n) is 7.77. The zero-order valence-corrected chi connectivity index (χ0v) is 14.2. The molecule has 3 rings (SSSR count). The Morgan fingerprint density at radius 2 is 1.96 bits per heavy atom. The van der Waals surface area contributed by atoms with Gasteiger partial charge < -0.3 is 19.9 Å². The van der Waals surface area contributed by atoms with Gasteiger partial charge >= 0.3 is 0 Å². The molecule has 2 aliphatic rings. The second-order valence-corrected chi connectivity index (χ2v) is 8.67. The number of ether oxygens (including phenoxy) is 2. The molecular formula is C16H23NO5S.